The summed E-state index contributed by atoms with van der Waals surface area (Å²) in [4.78, 5) is 13.0. The molecule has 82 valence electrons. The molecule has 0 spiro atoms. The summed E-state index contributed by atoms with van der Waals surface area (Å²) in [6.07, 6.45) is 4.45. The lowest BCUT2D eigenvalue weighted by atomic mass is 10.0. The second kappa shape index (κ2) is 4.49. The Balaban J connectivity index is 2.02. The van der Waals surface area contributed by atoms with E-state index in [0.29, 0.717) is 6.54 Å². The Morgan fingerprint density at radius 2 is 2.47 bits per heavy atom. The minimum Gasteiger partial charge on any atom is -0.480 e. The highest BCUT2D eigenvalue weighted by atomic mass is 16.4. The normalized spacial score (nSPS) is 22.8. The van der Waals surface area contributed by atoms with Crippen LogP contribution in [0.1, 0.15) is 25.0 Å². The molecule has 1 aromatic rings. The van der Waals surface area contributed by atoms with E-state index in [0.717, 1.165) is 31.6 Å². The number of furan rings is 1. The topological polar surface area (TPSA) is 53.7 Å². The zero-order valence-electron chi connectivity index (χ0n) is 8.56. The maximum atomic E-state index is 11.0. The summed E-state index contributed by atoms with van der Waals surface area (Å²) in [6.45, 7) is 1.45. The quantitative estimate of drug-likeness (QED) is 0.823. The van der Waals surface area contributed by atoms with Gasteiger partial charge in [0.25, 0.3) is 0 Å². The molecule has 0 aromatic carbocycles. The summed E-state index contributed by atoms with van der Waals surface area (Å²) in [5.74, 6) is 0.115. The molecule has 1 aliphatic rings. The molecule has 0 aliphatic carbocycles. The van der Waals surface area contributed by atoms with E-state index in [-0.39, 0.29) is 6.04 Å². The molecule has 0 amide bonds. The van der Waals surface area contributed by atoms with Crippen molar-refractivity contribution in [3.8, 4) is 0 Å². The number of piperidine rings is 1. The van der Waals surface area contributed by atoms with E-state index in [1.807, 2.05) is 17.0 Å². The van der Waals surface area contributed by atoms with Crippen LogP contribution in [0.2, 0.25) is 0 Å². The van der Waals surface area contributed by atoms with Crippen molar-refractivity contribution in [2.45, 2.75) is 31.8 Å². The van der Waals surface area contributed by atoms with Gasteiger partial charge < -0.3 is 9.52 Å². The van der Waals surface area contributed by atoms with Gasteiger partial charge in [0.15, 0.2) is 0 Å². The van der Waals surface area contributed by atoms with Gasteiger partial charge in [0.05, 0.1) is 12.8 Å². The highest BCUT2D eigenvalue weighted by molar-refractivity contribution is 5.73. The zero-order chi connectivity index (χ0) is 10.7. The van der Waals surface area contributed by atoms with E-state index < -0.39 is 5.97 Å². The summed E-state index contributed by atoms with van der Waals surface area (Å²) < 4.78 is 5.23. The molecule has 1 N–H and O–H groups in total. The number of carboxylic acid groups (broad SMARTS) is 1. The second-order valence-electron chi connectivity index (χ2n) is 3.90. The molecule has 0 bridgehead atoms. The molecule has 0 radical (unpaired) electrons. The lowest BCUT2D eigenvalue weighted by Crippen LogP contribution is -2.43. The van der Waals surface area contributed by atoms with Crippen LogP contribution in [-0.2, 0) is 11.3 Å². The van der Waals surface area contributed by atoms with Gasteiger partial charge in [-0.05, 0) is 31.5 Å². The first-order chi connectivity index (χ1) is 7.27. The predicted octanol–water partition coefficient (Wildman–Crippen LogP) is 1.72. The van der Waals surface area contributed by atoms with Gasteiger partial charge in [0.1, 0.15) is 11.8 Å². The van der Waals surface area contributed by atoms with Gasteiger partial charge in [-0.3, -0.25) is 9.69 Å². The van der Waals surface area contributed by atoms with Crippen LogP contribution in [0.25, 0.3) is 0 Å². The third kappa shape index (κ3) is 2.39. The number of likely N-dealkylation sites (tertiary alicyclic amines) is 1. The molecule has 2 rings (SSSR count). The summed E-state index contributed by atoms with van der Waals surface area (Å²) in [5, 5.41) is 9.07. The molecule has 1 aliphatic heterocycles. The maximum absolute atomic E-state index is 11.0. The van der Waals surface area contributed by atoms with Crippen molar-refractivity contribution < 1.29 is 14.3 Å². The van der Waals surface area contributed by atoms with Crippen molar-refractivity contribution in [1.82, 2.24) is 4.90 Å². The molecule has 4 heteroatoms. The van der Waals surface area contributed by atoms with Crippen molar-refractivity contribution in [2.75, 3.05) is 6.54 Å². The van der Waals surface area contributed by atoms with Crippen LogP contribution >= 0.6 is 0 Å². The first-order valence-corrected chi connectivity index (χ1v) is 5.26. The van der Waals surface area contributed by atoms with Crippen LogP contribution in [0.3, 0.4) is 0 Å². The summed E-state index contributed by atoms with van der Waals surface area (Å²) in [6, 6.07) is 3.37. The molecule has 1 fully saturated rings. The summed E-state index contributed by atoms with van der Waals surface area (Å²) in [5.41, 5.74) is 0. The molecular weight excluding hydrogens is 194 g/mol. The molecule has 1 aromatic heterocycles. The van der Waals surface area contributed by atoms with E-state index in [4.69, 9.17) is 9.52 Å². The largest absolute Gasteiger partial charge is 0.480 e. The van der Waals surface area contributed by atoms with E-state index in [9.17, 15) is 4.79 Å². The van der Waals surface area contributed by atoms with Crippen molar-refractivity contribution >= 4 is 5.97 Å². The average molecular weight is 209 g/mol. The predicted molar refractivity (Wildman–Crippen MR) is 54.4 cm³/mol. The van der Waals surface area contributed by atoms with Gasteiger partial charge in [-0.25, -0.2) is 0 Å². The van der Waals surface area contributed by atoms with Crippen LogP contribution in [0.15, 0.2) is 22.8 Å². The lowest BCUT2D eigenvalue weighted by Gasteiger charge is -2.31. The highest BCUT2D eigenvalue weighted by Gasteiger charge is 2.28. The number of nitrogens with zero attached hydrogens (tertiary/aromatic N) is 1. The van der Waals surface area contributed by atoms with Crippen LogP contribution in [0.4, 0.5) is 0 Å². The third-order valence-electron chi connectivity index (χ3n) is 2.84. The van der Waals surface area contributed by atoms with E-state index in [1.165, 1.54) is 0 Å². The fourth-order valence-electron chi connectivity index (χ4n) is 2.06. The fraction of sp³-hybridized carbons (Fsp3) is 0.545. The highest BCUT2D eigenvalue weighted by Crippen LogP contribution is 2.19. The first-order valence-electron chi connectivity index (χ1n) is 5.26. The monoisotopic (exact) mass is 209 g/mol. The number of hydrogen-bond acceptors (Lipinski definition) is 3. The Morgan fingerprint density at radius 1 is 1.60 bits per heavy atom. The fourth-order valence-corrected chi connectivity index (χ4v) is 2.06. The molecule has 4 nitrogen and oxygen atoms in total. The number of rotatable bonds is 3. The molecule has 1 saturated heterocycles. The number of carbonyl (C=O) groups is 1. The van der Waals surface area contributed by atoms with Gasteiger partial charge in [-0.1, -0.05) is 6.42 Å². The maximum Gasteiger partial charge on any atom is 0.320 e. The molecule has 1 atom stereocenters. The molecular formula is C11H15NO3. The average Bonchev–Trinajstić information content (AvgIpc) is 2.71. The Hall–Kier alpha value is -1.29. The van der Waals surface area contributed by atoms with Crippen molar-refractivity contribution in [3.05, 3.63) is 24.2 Å². The zero-order valence-corrected chi connectivity index (χ0v) is 8.56. The van der Waals surface area contributed by atoms with E-state index >= 15 is 0 Å². The molecule has 2 heterocycles. The molecule has 1 unspecified atom stereocenters. The number of hydrogen-bond donors (Lipinski definition) is 1. The van der Waals surface area contributed by atoms with Gasteiger partial charge >= 0.3 is 5.97 Å². The first kappa shape index (κ1) is 10.2. The van der Waals surface area contributed by atoms with E-state index in [1.54, 1.807) is 6.26 Å². The van der Waals surface area contributed by atoms with Crippen LogP contribution in [-0.4, -0.2) is 28.6 Å². The number of aliphatic carboxylic acids is 1. The minimum absolute atomic E-state index is 0.344. The molecule has 0 saturated carbocycles. The Bertz CT molecular complexity index is 321. The summed E-state index contributed by atoms with van der Waals surface area (Å²) in [7, 11) is 0. The third-order valence-corrected chi connectivity index (χ3v) is 2.84. The Kier molecular flexibility index (Phi) is 3.06. The van der Waals surface area contributed by atoms with Crippen LogP contribution in [0, 0.1) is 0 Å². The lowest BCUT2D eigenvalue weighted by molar-refractivity contribution is -0.145. The van der Waals surface area contributed by atoms with Crippen LogP contribution in [0.5, 0.6) is 0 Å². The van der Waals surface area contributed by atoms with Crippen molar-refractivity contribution in [3.63, 3.8) is 0 Å². The van der Waals surface area contributed by atoms with Crippen molar-refractivity contribution in [2.24, 2.45) is 0 Å². The van der Waals surface area contributed by atoms with Gasteiger partial charge in [-0.2, -0.15) is 0 Å². The van der Waals surface area contributed by atoms with Gasteiger partial charge in [-0.15, -0.1) is 0 Å². The smallest absolute Gasteiger partial charge is 0.320 e. The Labute approximate surface area is 88.5 Å². The second-order valence-corrected chi connectivity index (χ2v) is 3.90. The number of carboxylic acids is 1. The standard InChI is InChI=1S/C11H15NO3/c13-11(14)10-5-1-2-6-12(10)8-9-4-3-7-15-9/h3-4,7,10H,1-2,5-6,8H2,(H,13,14). The molecule has 15 heavy (non-hydrogen) atoms. The van der Waals surface area contributed by atoms with Crippen LogP contribution < -0.4 is 0 Å². The van der Waals surface area contributed by atoms with Gasteiger partial charge in [0, 0.05) is 0 Å². The van der Waals surface area contributed by atoms with E-state index in [2.05, 4.69) is 0 Å². The summed E-state index contributed by atoms with van der Waals surface area (Å²) >= 11 is 0. The van der Waals surface area contributed by atoms with Gasteiger partial charge in [0.2, 0.25) is 0 Å². The Morgan fingerprint density at radius 3 is 3.13 bits per heavy atom. The van der Waals surface area contributed by atoms with Crippen molar-refractivity contribution in [1.29, 1.82) is 0 Å². The SMILES string of the molecule is O=C(O)C1CCCCN1Cc1ccco1. The minimum atomic E-state index is -0.721.